The van der Waals surface area contributed by atoms with Crippen LogP contribution in [0.3, 0.4) is 0 Å². The summed E-state index contributed by atoms with van der Waals surface area (Å²) in [6.45, 7) is 8.56. The van der Waals surface area contributed by atoms with Gasteiger partial charge in [0, 0.05) is 29.7 Å². The molecule has 158 valence electrons. The van der Waals surface area contributed by atoms with Crippen LogP contribution in [-0.4, -0.2) is 55.2 Å². The van der Waals surface area contributed by atoms with Crippen LogP contribution in [0, 0.1) is 0 Å². The smallest absolute Gasteiger partial charge is 0.261 e. The lowest BCUT2D eigenvalue weighted by Gasteiger charge is -2.25. The molecule has 30 heavy (non-hydrogen) atoms. The monoisotopic (exact) mass is 489 g/mol. The minimum atomic E-state index is -0.0639. The molecular formula is C22H24BrN3O3S. The number of rotatable bonds is 7. The Morgan fingerprint density at radius 1 is 1.10 bits per heavy atom. The lowest BCUT2D eigenvalue weighted by molar-refractivity contribution is 0.0983. The lowest BCUT2D eigenvalue weighted by Crippen LogP contribution is -2.39. The minimum absolute atomic E-state index is 0.0639. The lowest BCUT2D eigenvalue weighted by atomic mass is 10.2. The van der Waals surface area contributed by atoms with Crippen molar-refractivity contribution in [1.82, 2.24) is 9.88 Å². The van der Waals surface area contributed by atoms with Gasteiger partial charge in [0.15, 0.2) is 16.6 Å². The van der Waals surface area contributed by atoms with Crippen LogP contribution in [0.4, 0.5) is 5.13 Å². The van der Waals surface area contributed by atoms with Crippen molar-refractivity contribution in [3.8, 4) is 11.5 Å². The Morgan fingerprint density at radius 3 is 2.50 bits per heavy atom. The molecule has 2 heterocycles. The fourth-order valence-electron chi connectivity index (χ4n) is 3.41. The standard InChI is InChI=1S/C22H24BrN3O3S/c1-3-25(4-2)9-10-26(21(27)15-7-5-6-8-16(15)23)22-24-17-13-18-19(14-20(17)30-22)29-12-11-28-18/h5-8,13-14H,3-4,9-12H2,1-2H3. The predicted molar refractivity (Wildman–Crippen MR) is 124 cm³/mol. The zero-order valence-corrected chi connectivity index (χ0v) is 19.5. The molecule has 0 bridgehead atoms. The van der Waals surface area contributed by atoms with Gasteiger partial charge in [0.1, 0.15) is 13.2 Å². The van der Waals surface area contributed by atoms with Gasteiger partial charge >= 0.3 is 0 Å². The highest BCUT2D eigenvalue weighted by Crippen LogP contribution is 2.39. The third-order valence-electron chi connectivity index (χ3n) is 5.16. The van der Waals surface area contributed by atoms with Crippen LogP contribution in [-0.2, 0) is 0 Å². The van der Waals surface area contributed by atoms with Crippen LogP contribution in [0.5, 0.6) is 11.5 Å². The summed E-state index contributed by atoms with van der Waals surface area (Å²) in [5.74, 6) is 1.37. The van der Waals surface area contributed by atoms with Gasteiger partial charge in [0.05, 0.1) is 15.8 Å². The highest BCUT2D eigenvalue weighted by atomic mass is 79.9. The summed E-state index contributed by atoms with van der Waals surface area (Å²) in [6, 6.07) is 11.4. The normalized spacial score (nSPS) is 13.1. The second-order valence-corrected chi connectivity index (χ2v) is 8.79. The number of carbonyl (C=O) groups is 1. The average Bonchev–Trinajstić information content (AvgIpc) is 3.17. The van der Waals surface area contributed by atoms with Crippen LogP contribution >= 0.6 is 27.3 Å². The number of halogens is 1. The first-order valence-corrected chi connectivity index (χ1v) is 11.7. The molecule has 1 amide bonds. The first-order chi connectivity index (χ1) is 14.6. The minimum Gasteiger partial charge on any atom is -0.486 e. The molecule has 4 rings (SSSR count). The molecule has 0 saturated carbocycles. The van der Waals surface area contributed by atoms with E-state index in [2.05, 4.69) is 34.7 Å². The van der Waals surface area contributed by atoms with Gasteiger partial charge in [-0.15, -0.1) is 0 Å². The Kier molecular flexibility index (Phi) is 6.55. The number of aromatic nitrogens is 1. The highest BCUT2D eigenvalue weighted by molar-refractivity contribution is 9.10. The Morgan fingerprint density at radius 2 is 1.80 bits per heavy atom. The number of hydrogen-bond donors (Lipinski definition) is 0. The van der Waals surface area contributed by atoms with Crippen molar-refractivity contribution in [2.24, 2.45) is 0 Å². The SMILES string of the molecule is CCN(CC)CCN(C(=O)c1ccccc1Br)c1nc2cc3c(cc2s1)OCCO3. The van der Waals surface area contributed by atoms with Gasteiger partial charge in [-0.25, -0.2) is 4.98 Å². The summed E-state index contributed by atoms with van der Waals surface area (Å²) >= 11 is 5.02. The van der Waals surface area contributed by atoms with Crippen molar-refractivity contribution in [2.45, 2.75) is 13.8 Å². The van der Waals surface area contributed by atoms with E-state index < -0.39 is 0 Å². The Labute approximate surface area is 188 Å². The molecule has 6 nitrogen and oxygen atoms in total. The largest absolute Gasteiger partial charge is 0.486 e. The number of hydrogen-bond acceptors (Lipinski definition) is 6. The number of thiazole rings is 1. The van der Waals surface area contributed by atoms with Crippen LogP contribution in [0.25, 0.3) is 10.2 Å². The van der Waals surface area contributed by atoms with Crippen molar-refractivity contribution in [1.29, 1.82) is 0 Å². The molecule has 0 unspecified atom stereocenters. The van der Waals surface area contributed by atoms with E-state index in [1.807, 2.05) is 36.4 Å². The molecule has 3 aromatic rings. The number of benzene rings is 2. The van der Waals surface area contributed by atoms with E-state index in [4.69, 9.17) is 14.5 Å². The summed E-state index contributed by atoms with van der Waals surface area (Å²) in [7, 11) is 0. The maximum absolute atomic E-state index is 13.5. The zero-order chi connectivity index (χ0) is 21.1. The molecule has 8 heteroatoms. The summed E-state index contributed by atoms with van der Waals surface area (Å²) < 4.78 is 13.1. The van der Waals surface area contributed by atoms with Gasteiger partial charge < -0.3 is 14.4 Å². The van der Waals surface area contributed by atoms with E-state index in [0.717, 1.165) is 40.1 Å². The van der Waals surface area contributed by atoms with E-state index in [9.17, 15) is 4.79 Å². The molecule has 1 aliphatic rings. The van der Waals surface area contributed by atoms with E-state index in [1.54, 1.807) is 4.90 Å². The topological polar surface area (TPSA) is 54.9 Å². The highest BCUT2D eigenvalue weighted by Gasteiger charge is 2.24. The number of nitrogens with zero attached hydrogens (tertiary/aromatic N) is 3. The zero-order valence-electron chi connectivity index (χ0n) is 17.1. The molecular weight excluding hydrogens is 466 g/mol. The van der Waals surface area contributed by atoms with Crippen molar-refractivity contribution in [3.05, 3.63) is 46.4 Å². The fraction of sp³-hybridized carbons (Fsp3) is 0.364. The Hall–Kier alpha value is -2.16. The second-order valence-electron chi connectivity index (χ2n) is 6.92. The molecule has 1 aliphatic heterocycles. The van der Waals surface area contributed by atoms with Gasteiger partial charge in [-0.05, 0) is 41.2 Å². The van der Waals surface area contributed by atoms with Crippen molar-refractivity contribution < 1.29 is 14.3 Å². The first kappa shape index (κ1) is 21.1. The molecule has 0 N–H and O–H groups in total. The molecule has 0 saturated heterocycles. The second kappa shape index (κ2) is 9.32. The number of anilines is 1. The van der Waals surface area contributed by atoms with Crippen molar-refractivity contribution >= 4 is 48.5 Å². The number of amides is 1. The molecule has 0 fully saturated rings. The fourth-order valence-corrected chi connectivity index (χ4v) is 4.87. The van der Waals surface area contributed by atoms with Crippen molar-refractivity contribution in [3.63, 3.8) is 0 Å². The van der Waals surface area contributed by atoms with Crippen LogP contribution in [0.15, 0.2) is 40.9 Å². The van der Waals surface area contributed by atoms with Crippen LogP contribution in [0.1, 0.15) is 24.2 Å². The van der Waals surface area contributed by atoms with Crippen LogP contribution in [0.2, 0.25) is 0 Å². The number of ether oxygens (including phenoxy) is 2. The molecule has 2 aromatic carbocycles. The predicted octanol–water partition coefficient (Wildman–Crippen LogP) is 4.82. The maximum atomic E-state index is 13.5. The Bertz CT molecular complexity index is 1010. The number of carbonyl (C=O) groups excluding carboxylic acids is 1. The summed E-state index contributed by atoms with van der Waals surface area (Å²) in [4.78, 5) is 22.3. The van der Waals surface area contributed by atoms with Gasteiger partial charge in [-0.2, -0.15) is 0 Å². The molecule has 1 aromatic heterocycles. The third-order valence-corrected chi connectivity index (χ3v) is 6.89. The summed E-state index contributed by atoms with van der Waals surface area (Å²) in [5, 5.41) is 0.681. The van der Waals surface area contributed by atoms with E-state index >= 15 is 0 Å². The van der Waals surface area contributed by atoms with Gasteiger partial charge in [-0.1, -0.05) is 37.3 Å². The van der Waals surface area contributed by atoms with E-state index in [0.29, 0.717) is 36.2 Å². The quantitative estimate of drug-likeness (QED) is 0.476. The number of fused-ring (bicyclic) bond motifs is 2. The van der Waals surface area contributed by atoms with E-state index in [1.165, 1.54) is 11.3 Å². The van der Waals surface area contributed by atoms with Crippen LogP contribution < -0.4 is 14.4 Å². The molecule has 0 radical (unpaired) electrons. The van der Waals surface area contributed by atoms with Crippen molar-refractivity contribution in [2.75, 3.05) is 44.3 Å². The Balaban J connectivity index is 1.71. The van der Waals surface area contributed by atoms with Gasteiger partial charge in [0.2, 0.25) is 0 Å². The molecule has 0 aliphatic carbocycles. The summed E-state index contributed by atoms with van der Waals surface area (Å²) in [5.41, 5.74) is 1.44. The molecule has 0 spiro atoms. The average molecular weight is 490 g/mol. The van der Waals surface area contributed by atoms with E-state index in [-0.39, 0.29) is 5.91 Å². The summed E-state index contributed by atoms with van der Waals surface area (Å²) in [6.07, 6.45) is 0. The third kappa shape index (κ3) is 4.31. The van der Waals surface area contributed by atoms with Gasteiger partial charge in [-0.3, -0.25) is 9.69 Å². The van der Waals surface area contributed by atoms with Gasteiger partial charge in [0.25, 0.3) is 5.91 Å². The maximum Gasteiger partial charge on any atom is 0.261 e. The molecule has 0 atom stereocenters. The first-order valence-electron chi connectivity index (χ1n) is 10.1. The number of likely N-dealkylation sites (N-methyl/N-ethyl adjacent to an activating group) is 1.